The number of nitrogens with zero attached hydrogens (tertiary/aromatic N) is 6. The molecule has 278 valence electrons. The highest BCUT2D eigenvalue weighted by Gasteiger charge is 2.63. The minimum absolute atomic E-state index is 0.0579. The van der Waals surface area contributed by atoms with Gasteiger partial charge in [-0.1, -0.05) is 20.8 Å². The summed E-state index contributed by atoms with van der Waals surface area (Å²) < 4.78 is 16.8. The van der Waals surface area contributed by atoms with Gasteiger partial charge in [-0.2, -0.15) is 9.97 Å². The Labute approximate surface area is 299 Å². The molecule has 9 atom stereocenters. The molecule has 4 aliphatic carbocycles. The summed E-state index contributed by atoms with van der Waals surface area (Å²) in [7, 11) is -4.47. The first-order valence-electron chi connectivity index (χ1n) is 20.0. The van der Waals surface area contributed by atoms with Gasteiger partial charge in [0.15, 0.2) is 5.78 Å². The van der Waals surface area contributed by atoms with E-state index >= 15 is 0 Å². The van der Waals surface area contributed by atoms with Crippen LogP contribution in [0, 0.1) is 46.3 Å². The first-order chi connectivity index (χ1) is 23.9. The molecule has 12 heteroatoms. The number of phosphoric acid groups is 1. The highest BCUT2D eigenvalue weighted by Crippen LogP contribution is 2.68. The predicted octanol–water partition coefficient (Wildman–Crippen LogP) is 5.75. The van der Waals surface area contributed by atoms with Crippen LogP contribution in [0.1, 0.15) is 97.8 Å². The number of anilines is 3. The molecular weight excluding hydrogens is 651 g/mol. The van der Waals surface area contributed by atoms with Gasteiger partial charge in [-0.25, -0.2) is 4.57 Å². The van der Waals surface area contributed by atoms with Crippen molar-refractivity contribution in [2.24, 2.45) is 46.3 Å². The maximum atomic E-state index is 14.4. The standard InChI is InChI=1S/C38H61N6O5P/c1-26-22-31-29-9-8-27-23-28(49-50(46,47)48)10-12-37(27,2)30(29)11-13-38(31,3)35(26)32(45)25-41-18-20-43(21-19-41)34-24-33(42-14-4-5-15-42)39-36(40-34)44-16-6-7-17-44/h24,26-31,35H,4-23,25H2,1-3H3,(H2,46,47,48)/t26-,27+,28-,29?,30?,31?,35-,37+,38+/m1/s1. The normalized spacial score (nSPS) is 39.4. The maximum absolute atomic E-state index is 14.4. The molecule has 0 bridgehead atoms. The van der Waals surface area contributed by atoms with Crippen LogP contribution in [0.25, 0.3) is 0 Å². The lowest BCUT2D eigenvalue weighted by Crippen LogP contribution is -2.55. The summed E-state index contributed by atoms with van der Waals surface area (Å²) >= 11 is 0. The quantitative estimate of drug-likeness (QED) is 0.321. The number of rotatable bonds is 8. The number of ketones is 1. The van der Waals surface area contributed by atoms with E-state index in [0.29, 0.717) is 41.9 Å². The summed E-state index contributed by atoms with van der Waals surface area (Å²) in [5.41, 5.74) is 0.250. The summed E-state index contributed by atoms with van der Waals surface area (Å²) in [5.74, 6) is 6.29. The van der Waals surface area contributed by atoms with Crippen LogP contribution in [0.4, 0.5) is 17.6 Å². The van der Waals surface area contributed by atoms with E-state index in [1.54, 1.807) is 0 Å². The van der Waals surface area contributed by atoms with E-state index in [4.69, 9.17) is 14.5 Å². The number of piperazine rings is 1. The molecule has 1 aromatic rings. The Bertz CT molecular complexity index is 1420. The second-order valence-electron chi connectivity index (χ2n) is 17.9. The number of hydrogen-bond acceptors (Lipinski definition) is 9. The van der Waals surface area contributed by atoms with Gasteiger partial charge in [0.05, 0.1) is 12.6 Å². The van der Waals surface area contributed by atoms with Crippen molar-refractivity contribution >= 4 is 31.2 Å². The van der Waals surface area contributed by atoms with Crippen molar-refractivity contribution in [1.82, 2.24) is 14.9 Å². The van der Waals surface area contributed by atoms with Crippen molar-refractivity contribution < 1.29 is 23.7 Å². The van der Waals surface area contributed by atoms with Crippen molar-refractivity contribution in [3.63, 3.8) is 0 Å². The van der Waals surface area contributed by atoms with Crippen molar-refractivity contribution in [3.05, 3.63) is 6.07 Å². The smallest absolute Gasteiger partial charge is 0.356 e. The van der Waals surface area contributed by atoms with Gasteiger partial charge in [-0.3, -0.25) is 14.2 Å². The third-order valence-corrected chi connectivity index (χ3v) is 15.7. The average Bonchev–Trinajstić information content (AvgIpc) is 3.86. The molecule has 4 saturated carbocycles. The van der Waals surface area contributed by atoms with Crippen LogP contribution in [0.5, 0.6) is 0 Å². The largest absolute Gasteiger partial charge is 0.469 e. The topological polar surface area (TPSA) is 123 Å². The Hall–Kier alpha value is -1.78. The number of hydrogen-bond donors (Lipinski definition) is 2. The summed E-state index contributed by atoms with van der Waals surface area (Å²) in [6, 6.07) is 2.21. The van der Waals surface area contributed by atoms with Crippen LogP contribution < -0.4 is 14.7 Å². The molecule has 3 unspecified atom stereocenters. The van der Waals surface area contributed by atoms with Gasteiger partial charge in [-0.05, 0) is 117 Å². The van der Waals surface area contributed by atoms with Gasteiger partial charge >= 0.3 is 7.82 Å². The fourth-order valence-corrected chi connectivity index (χ4v) is 13.3. The second-order valence-corrected chi connectivity index (χ2v) is 19.1. The zero-order valence-electron chi connectivity index (χ0n) is 30.7. The van der Waals surface area contributed by atoms with Crippen LogP contribution in [-0.4, -0.2) is 95.4 Å². The van der Waals surface area contributed by atoms with Crippen LogP contribution >= 0.6 is 7.82 Å². The lowest BCUT2D eigenvalue weighted by Gasteiger charge is -2.61. The van der Waals surface area contributed by atoms with Gasteiger partial charge in [0, 0.05) is 64.3 Å². The molecule has 2 N–H and O–H groups in total. The van der Waals surface area contributed by atoms with Crippen LogP contribution in [0.2, 0.25) is 0 Å². The van der Waals surface area contributed by atoms with E-state index in [1.165, 1.54) is 38.5 Å². The van der Waals surface area contributed by atoms with E-state index in [1.807, 2.05) is 0 Å². The van der Waals surface area contributed by atoms with Gasteiger partial charge in [0.1, 0.15) is 11.6 Å². The van der Waals surface area contributed by atoms with Gasteiger partial charge in [0.2, 0.25) is 5.95 Å². The molecule has 0 radical (unpaired) electrons. The van der Waals surface area contributed by atoms with E-state index < -0.39 is 7.82 Å². The zero-order chi connectivity index (χ0) is 34.8. The van der Waals surface area contributed by atoms with Gasteiger partial charge < -0.3 is 24.5 Å². The number of carbonyl (C=O) groups is 1. The molecule has 7 fully saturated rings. The second kappa shape index (κ2) is 13.6. The van der Waals surface area contributed by atoms with Crippen molar-refractivity contribution in [2.45, 2.75) is 104 Å². The first kappa shape index (κ1) is 35.3. The predicted molar refractivity (Wildman–Crippen MR) is 195 cm³/mol. The molecule has 1 aromatic heterocycles. The number of carbonyl (C=O) groups excluding carboxylic acids is 1. The molecular formula is C38H61N6O5P. The summed E-state index contributed by atoms with van der Waals surface area (Å²) in [4.78, 5) is 53.0. The third-order valence-electron chi connectivity index (χ3n) is 15.2. The molecule has 3 saturated heterocycles. The summed E-state index contributed by atoms with van der Waals surface area (Å²) in [6.45, 7) is 15.6. The summed E-state index contributed by atoms with van der Waals surface area (Å²) in [5, 5.41) is 0. The van der Waals surface area contributed by atoms with Gasteiger partial charge in [-0.15, -0.1) is 0 Å². The highest BCUT2D eigenvalue weighted by atomic mass is 31.2. The number of fused-ring (bicyclic) bond motifs is 5. The zero-order valence-corrected chi connectivity index (χ0v) is 31.6. The SMILES string of the molecule is C[C@@H]1CC2C3CC[C@H]4C[C@H](OP(=O)(O)O)CC[C@]4(C)C3CC[C@]2(C)[C@H]1C(=O)CN1CCN(c2cc(N3CCCC3)nc(N3CCCC3)n2)CC1. The van der Waals surface area contributed by atoms with Crippen LogP contribution in [0.15, 0.2) is 6.07 Å². The molecule has 3 aliphatic heterocycles. The highest BCUT2D eigenvalue weighted by molar-refractivity contribution is 7.46. The van der Waals surface area contributed by atoms with E-state index in [-0.39, 0.29) is 22.9 Å². The average molecular weight is 713 g/mol. The van der Waals surface area contributed by atoms with E-state index in [2.05, 4.69) is 46.4 Å². The number of Topliss-reactive ketones (excluding diaryl/α,β-unsaturated/α-hetero) is 1. The monoisotopic (exact) mass is 712 g/mol. The molecule has 0 amide bonds. The molecule has 7 aliphatic rings. The Morgan fingerprint density at radius 1 is 0.820 bits per heavy atom. The Morgan fingerprint density at radius 3 is 2.10 bits per heavy atom. The maximum Gasteiger partial charge on any atom is 0.469 e. The number of phosphoric ester groups is 1. The third kappa shape index (κ3) is 6.54. The van der Waals surface area contributed by atoms with Crippen molar-refractivity contribution in [2.75, 3.05) is 73.6 Å². The lowest BCUT2D eigenvalue weighted by molar-refractivity contribution is -0.141. The molecule has 0 aromatic carbocycles. The molecule has 4 heterocycles. The minimum Gasteiger partial charge on any atom is -0.356 e. The van der Waals surface area contributed by atoms with Crippen molar-refractivity contribution in [1.29, 1.82) is 0 Å². The minimum atomic E-state index is -4.47. The Balaban J connectivity index is 0.904. The number of aromatic nitrogens is 2. The van der Waals surface area contributed by atoms with E-state index in [0.717, 1.165) is 108 Å². The summed E-state index contributed by atoms with van der Waals surface area (Å²) in [6.07, 6.45) is 12.7. The van der Waals surface area contributed by atoms with E-state index in [9.17, 15) is 19.1 Å². The Kier molecular flexibility index (Phi) is 9.57. The fourth-order valence-electron chi connectivity index (χ4n) is 12.8. The molecule has 11 nitrogen and oxygen atoms in total. The molecule has 8 rings (SSSR count). The fraction of sp³-hybridized carbons (Fsp3) is 0.868. The van der Waals surface area contributed by atoms with Crippen LogP contribution in [-0.2, 0) is 13.9 Å². The van der Waals surface area contributed by atoms with Crippen molar-refractivity contribution in [3.8, 4) is 0 Å². The van der Waals surface area contributed by atoms with Crippen LogP contribution in [0.3, 0.4) is 0 Å². The first-order valence-corrected chi connectivity index (χ1v) is 21.6. The molecule has 0 spiro atoms. The Morgan fingerprint density at radius 2 is 1.44 bits per heavy atom. The lowest BCUT2D eigenvalue weighted by atomic mass is 9.44. The molecule has 50 heavy (non-hydrogen) atoms. The van der Waals surface area contributed by atoms with Gasteiger partial charge in [0.25, 0.3) is 0 Å².